The number of aromatic nitrogens is 3. The van der Waals surface area contributed by atoms with Gasteiger partial charge >= 0.3 is 0 Å². The van der Waals surface area contributed by atoms with Crippen LogP contribution >= 0.6 is 0 Å². The minimum absolute atomic E-state index is 0.104. The highest BCUT2D eigenvalue weighted by Crippen LogP contribution is 2.23. The zero-order chi connectivity index (χ0) is 23.2. The Balaban J connectivity index is 1.36. The number of hydrogen-bond donors (Lipinski definition) is 3. The van der Waals surface area contributed by atoms with Crippen LogP contribution in [0.25, 0.3) is 11.1 Å². The first-order chi connectivity index (χ1) is 16.7. The molecule has 0 aliphatic carbocycles. The maximum absolute atomic E-state index is 4.62. The van der Waals surface area contributed by atoms with Crippen molar-refractivity contribution in [1.82, 2.24) is 35.4 Å². The van der Waals surface area contributed by atoms with Crippen molar-refractivity contribution in [1.29, 1.82) is 0 Å². The molecule has 3 N–H and O–H groups in total. The standard InChI is InChI=1S/C26H34N8/c1-20-26-30-17-23(18-31-26)22-5-6-29-25(16-22)32-24-4-2-3-21(15-24)19-34-13-11-33(12-14-34)10-9-27-7-8-28-20/h2-6,15-18,20,27-28H,7-14,19H2,1H3,(H,29,32). The van der Waals surface area contributed by atoms with E-state index in [1.54, 1.807) is 0 Å². The van der Waals surface area contributed by atoms with Gasteiger partial charge in [-0.1, -0.05) is 12.1 Å². The van der Waals surface area contributed by atoms with Crippen LogP contribution in [0.3, 0.4) is 0 Å². The van der Waals surface area contributed by atoms with Crippen molar-refractivity contribution in [3.8, 4) is 11.1 Å². The lowest BCUT2D eigenvalue weighted by molar-refractivity contribution is 0.128. The molecular formula is C26H34N8. The van der Waals surface area contributed by atoms with E-state index in [9.17, 15) is 0 Å². The van der Waals surface area contributed by atoms with Gasteiger partial charge < -0.3 is 16.0 Å². The summed E-state index contributed by atoms with van der Waals surface area (Å²) < 4.78 is 0. The van der Waals surface area contributed by atoms with E-state index in [-0.39, 0.29) is 6.04 Å². The quantitative estimate of drug-likeness (QED) is 0.474. The van der Waals surface area contributed by atoms with Gasteiger partial charge in [-0.2, -0.15) is 0 Å². The van der Waals surface area contributed by atoms with Crippen LogP contribution < -0.4 is 16.0 Å². The largest absolute Gasteiger partial charge is 0.340 e. The van der Waals surface area contributed by atoms with Crippen LogP contribution in [0.2, 0.25) is 0 Å². The van der Waals surface area contributed by atoms with E-state index in [1.807, 2.05) is 30.7 Å². The van der Waals surface area contributed by atoms with Crippen molar-refractivity contribution in [3.63, 3.8) is 0 Å². The second-order valence-corrected chi connectivity index (χ2v) is 9.13. The summed E-state index contributed by atoms with van der Waals surface area (Å²) in [5.41, 5.74) is 4.40. The molecule has 1 unspecified atom stereocenters. The average molecular weight is 459 g/mol. The van der Waals surface area contributed by atoms with Crippen LogP contribution in [0.4, 0.5) is 11.5 Å². The predicted molar refractivity (Wildman–Crippen MR) is 136 cm³/mol. The van der Waals surface area contributed by atoms with Gasteiger partial charge in [-0.15, -0.1) is 0 Å². The fourth-order valence-electron chi connectivity index (χ4n) is 4.54. The van der Waals surface area contributed by atoms with Crippen LogP contribution in [-0.2, 0) is 6.54 Å². The molecule has 1 aromatic carbocycles. The predicted octanol–water partition coefficient (Wildman–Crippen LogP) is 2.65. The number of nitrogens with one attached hydrogen (secondary N) is 3. The fourth-order valence-corrected chi connectivity index (χ4v) is 4.54. The zero-order valence-electron chi connectivity index (χ0n) is 19.9. The Morgan fingerprint density at radius 1 is 0.824 bits per heavy atom. The second-order valence-electron chi connectivity index (χ2n) is 9.13. The molecule has 7 heterocycles. The van der Waals surface area contributed by atoms with Crippen LogP contribution in [0.1, 0.15) is 24.4 Å². The summed E-state index contributed by atoms with van der Waals surface area (Å²) in [5, 5.41) is 10.6. The second kappa shape index (κ2) is 11.0. The highest BCUT2D eigenvalue weighted by molar-refractivity contribution is 5.67. The molecule has 8 rings (SSSR count). The highest BCUT2D eigenvalue weighted by Gasteiger charge is 2.17. The van der Waals surface area contributed by atoms with Gasteiger partial charge in [-0.3, -0.25) is 9.80 Å². The van der Waals surface area contributed by atoms with E-state index in [4.69, 9.17) is 0 Å². The molecule has 178 valence electrons. The van der Waals surface area contributed by atoms with Gasteiger partial charge in [0.15, 0.2) is 0 Å². The Bertz CT molecular complexity index is 1060. The number of benzene rings is 1. The third-order valence-corrected chi connectivity index (χ3v) is 6.58. The summed E-state index contributed by atoms with van der Waals surface area (Å²) in [6.45, 7) is 11.5. The number of hydrogen-bond acceptors (Lipinski definition) is 8. The van der Waals surface area contributed by atoms with Crippen LogP contribution in [0.5, 0.6) is 0 Å². The number of rotatable bonds is 0. The number of anilines is 2. The van der Waals surface area contributed by atoms with E-state index < -0.39 is 0 Å². The Morgan fingerprint density at radius 2 is 1.65 bits per heavy atom. The lowest BCUT2D eigenvalue weighted by Crippen LogP contribution is -2.47. The average Bonchev–Trinajstić information content (AvgIpc) is 2.87. The SMILES string of the molecule is CC1NCCNCCN2CCN(CC2)Cc2cccc(c2)Nc2cc(ccn2)-c2cnc1nc2. The van der Waals surface area contributed by atoms with E-state index >= 15 is 0 Å². The Labute approximate surface area is 201 Å². The van der Waals surface area contributed by atoms with E-state index in [1.165, 1.54) is 5.56 Å². The smallest absolute Gasteiger partial charge is 0.144 e. The number of piperazine rings is 1. The molecule has 5 aliphatic heterocycles. The van der Waals surface area contributed by atoms with Gasteiger partial charge in [0.05, 0.1) is 6.04 Å². The molecule has 2 aromatic heterocycles. The first-order valence-corrected chi connectivity index (χ1v) is 12.3. The van der Waals surface area contributed by atoms with Gasteiger partial charge in [-0.05, 0) is 42.3 Å². The molecule has 0 amide bonds. The summed E-state index contributed by atoms with van der Waals surface area (Å²) in [6, 6.07) is 12.8. The fraction of sp³-hybridized carbons (Fsp3) is 0.423. The monoisotopic (exact) mass is 458 g/mol. The van der Waals surface area contributed by atoms with Crippen molar-refractivity contribution in [2.75, 3.05) is 57.7 Å². The van der Waals surface area contributed by atoms with Gasteiger partial charge in [0.2, 0.25) is 0 Å². The van der Waals surface area contributed by atoms with Gasteiger partial charge in [0, 0.05) is 88.7 Å². The molecule has 1 atom stereocenters. The Morgan fingerprint density at radius 3 is 2.50 bits per heavy atom. The Hall–Kier alpha value is -2.91. The molecule has 0 radical (unpaired) electrons. The molecule has 8 heteroatoms. The highest BCUT2D eigenvalue weighted by atomic mass is 15.3. The third kappa shape index (κ3) is 5.95. The summed E-state index contributed by atoms with van der Waals surface area (Å²) >= 11 is 0. The molecule has 8 bridgehead atoms. The third-order valence-electron chi connectivity index (χ3n) is 6.58. The normalized spacial score (nSPS) is 23.9. The summed E-state index contributed by atoms with van der Waals surface area (Å²) in [6.07, 6.45) is 5.62. The first-order valence-electron chi connectivity index (χ1n) is 12.3. The molecule has 0 spiro atoms. The van der Waals surface area contributed by atoms with Gasteiger partial charge in [0.1, 0.15) is 11.6 Å². The van der Waals surface area contributed by atoms with Crippen molar-refractivity contribution in [2.45, 2.75) is 19.5 Å². The molecule has 1 fully saturated rings. The van der Waals surface area contributed by atoms with Crippen molar-refractivity contribution in [2.24, 2.45) is 0 Å². The molecule has 34 heavy (non-hydrogen) atoms. The molecular weight excluding hydrogens is 424 g/mol. The molecule has 5 aliphatic rings. The zero-order valence-corrected chi connectivity index (χ0v) is 19.9. The molecule has 3 aromatic rings. The maximum atomic E-state index is 4.62. The van der Waals surface area contributed by atoms with E-state index in [0.29, 0.717) is 0 Å². The van der Waals surface area contributed by atoms with Gasteiger partial charge in [-0.25, -0.2) is 15.0 Å². The van der Waals surface area contributed by atoms with Gasteiger partial charge in [0.25, 0.3) is 0 Å². The summed E-state index contributed by atoms with van der Waals surface area (Å²) in [5.74, 6) is 1.62. The van der Waals surface area contributed by atoms with Crippen molar-refractivity contribution < 1.29 is 0 Å². The molecule has 1 saturated heterocycles. The summed E-state index contributed by atoms with van der Waals surface area (Å²) in [4.78, 5) is 18.9. The van der Waals surface area contributed by atoms with Crippen molar-refractivity contribution in [3.05, 3.63) is 66.4 Å². The molecule has 8 nitrogen and oxygen atoms in total. The number of pyridine rings is 1. The Kier molecular flexibility index (Phi) is 7.40. The van der Waals surface area contributed by atoms with E-state index in [0.717, 1.165) is 87.4 Å². The minimum atomic E-state index is 0.104. The lowest BCUT2D eigenvalue weighted by Gasteiger charge is -2.34. The maximum Gasteiger partial charge on any atom is 0.144 e. The van der Waals surface area contributed by atoms with Crippen LogP contribution in [0.15, 0.2) is 55.0 Å². The van der Waals surface area contributed by atoms with E-state index in [2.05, 4.69) is 71.9 Å². The topological polar surface area (TPSA) is 81.2 Å². The lowest BCUT2D eigenvalue weighted by atomic mass is 10.1. The first kappa shape index (κ1) is 22.9. The summed E-state index contributed by atoms with van der Waals surface area (Å²) in [7, 11) is 0. The minimum Gasteiger partial charge on any atom is -0.340 e. The van der Waals surface area contributed by atoms with Crippen LogP contribution in [0, 0.1) is 0 Å². The molecule has 0 saturated carbocycles. The van der Waals surface area contributed by atoms with Crippen molar-refractivity contribution >= 4 is 11.5 Å². The number of nitrogens with zero attached hydrogens (tertiary/aromatic N) is 5. The van der Waals surface area contributed by atoms with Crippen LogP contribution in [-0.4, -0.2) is 77.1 Å².